The van der Waals surface area contributed by atoms with Crippen molar-refractivity contribution in [2.45, 2.75) is 20.3 Å². The molecule has 0 saturated heterocycles. The third kappa shape index (κ3) is 4.35. The molecule has 2 N–H and O–H groups in total. The minimum atomic E-state index is -0.563. The van der Waals surface area contributed by atoms with Crippen LogP contribution in [0.1, 0.15) is 17.6 Å². The number of anilines is 2. The number of amides is 2. The van der Waals surface area contributed by atoms with Crippen LogP contribution in [0.3, 0.4) is 0 Å². The van der Waals surface area contributed by atoms with Crippen LogP contribution in [0.25, 0.3) is 0 Å². The Morgan fingerprint density at radius 1 is 1.33 bits per heavy atom. The van der Waals surface area contributed by atoms with E-state index in [1.54, 1.807) is 5.38 Å². The van der Waals surface area contributed by atoms with Crippen molar-refractivity contribution >= 4 is 34.5 Å². The SMILES string of the molecule is CC(=O)Nc1ccc(F)c(NC(=O)Cc2csc(C)n2)c1. The molecule has 1 heterocycles. The number of nitrogens with one attached hydrogen (secondary N) is 2. The average Bonchev–Trinajstić information content (AvgIpc) is 2.78. The van der Waals surface area contributed by atoms with Gasteiger partial charge in [0.1, 0.15) is 5.82 Å². The van der Waals surface area contributed by atoms with Gasteiger partial charge in [0.2, 0.25) is 11.8 Å². The Bertz CT molecular complexity index is 685. The molecule has 0 bridgehead atoms. The van der Waals surface area contributed by atoms with Gasteiger partial charge in [-0.3, -0.25) is 9.59 Å². The fraction of sp³-hybridized carbons (Fsp3) is 0.214. The first-order valence-corrected chi connectivity index (χ1v) is 7.10. The van der Waals surface area contributed by atoms with E-state index in [1.807, 2.05) is 6.92 Å². The highest BCUT2D eigenvalue weighted by Crippen LogP contribution is 2.20. The first kappa shape index (κ1) is 15.1. The molecule has 0 aliphatic carbocycles. The van der Waals surface area contributed by atoms with Crippen molar-refractivity contribution in [3.05, 3.63) is 40.1 Å². The molecule has 0 radical (unpaired) electrons. The van der Waals surface area contributed by atoms with Crippen LogP contribution < -0.4 is 10.6 Å². The monoisotopic (exact) mass is 307 g/mol. The Kier molecular flexibility index (Phi) is 4.64. The van der Waals surface area contributed by atoms with Gasteiger partial charge in [-0.25, -0.2) is 9.37 Å². The number of carbonyl (C=O) groups excluding carboxylic acids is 2. The van der Waals surface area contributed by atoms with Crippen LogP contribution in [-0.4, -0.2) is 16.8 Å². The Hall–Kier alpha value is -2.28. The molecule has 1 aromatic carbocycles. The second-order valence-electron chi connectivity index (χ2n) is 4.46. The summed E-state index contributed by atoms with van der Waals surface area (Å²) in [6.07, 6.45) is 0.0775. The van der Waals surface area contributed by atoms with Crippen LogP contribution in [0.5, 0.6) is 0 Å². The number of benzene rings is 1. The highest BCUT2D eigenvalue weighted by Gasteiger charge is 2.11. The predicted molar refractivity (Wildman–Crippen MR) is 79.9 cm³/mol. The zero-order valence-electron chi connectivity index (χ0n) is 11.6. The molecule has 2 aromatic rings. The normalized spacial score (nSPS) is 10.2. The zero-order valence-corrected chi connectivity index (χ0v) is 12.4. The molecule has 21 heavy (non-hydrogen) atoms. The first-order chi connectivity index (χ1) is 9.94. The number of aryl methyl sites for hydroxylation is 1. The lowest BCUT2D eigenvalue weighted by Crippen LogP contribution is -2.16. The van der Waals surface area contributed by atoms with Crippen molar-refractivity contribution in [3.8, 4) is 0 Å². The molecule has 0 aliphatic rings. The number of nitrogens with zero attached hydrogens (tertiary/aromatic N) is 1. The van der Waals surface area contributed by atoms with Gasteiger partial charge in [-0.05, 0) is 25.1 Å². The molecule has 2 rings (SSSR count). The number of rotatable bonds is 4. The van der Waals surface area contributed by atoms with Gasteiger partial charge >= 0.3 is 0 Å². The maximum atomic E-state index is 13.7. The van der Waals surface area contributed by atoms with Gasteiger partial charge in [-0.2, -0.15) is 0 Å². The summed E-state index contributed by atoms with van der Waals surface area (Å²) in [5.41, 5.74) is 1.09. The molecule has 0 saturated carbocycles. The summed E-state index contributed by atoms with van der Waals surface area (Å²) in [5.74, 6) is -1.19. The van der Waals surface area contributed by atoms with E-state index in [2.05, 4.69) is 15.6 Å². The molecule has 5 nitrogen and oxygen atoms in total. The fourth-order valence-electron chi connectivity index (χ4n) is 1.75. The van der Waals surface area contributed by atoms with E-state index in [-0.39, 0.29) is 23.9 Å². The van der Waals surface area contributed by atoms with Crippen molar-refractivity contribution < 1.29 is 14.0 Å². The van der Waals surface area contributed by atoms with E-state index in [0.717, 1.165) is 5.01 Å². The van der Waals surface area contributed by atoms with Crippen molar-refractivity contribution in [1.82, 2.24) is 4.98 Å². The lowest BCUT2D eigenvalue weighted by atomic mass is 10.2. The molecule has 2 amide bonds. The van der Waals surface area contributed by atoms with E-state index < -0.39 is 5.82 Å². The van der Waals surface area contributed by atoms with E-state index in [9.17, 15) is 14.0 Å². The zero-order chi connectivity index (χ0) is 15.4. The molecule has 1 aromatic heterocycles. The second-order valence-corrected chi connectivity index (χ2v) is 5.52. The number of halogens is 1. The quantitative estimate of drug-likeness (QED) is 0.912. The molecule has 110 valence electrons. The van der Waals surface area contributed by atoms with Gasteiger partial charge < -0.3 is 10.6 Å². The van der Waals surface area contributed by atoms with Crippen molar-refractivity contribution in [1.29, 1.82) is 0 Å². The number of hydrogen-bond acceptors (Lipinski definition) is 4. The topological polar surface area (TPSA) is 71.1 Å². The van der Waals surface area contributed by atoms with Crippen LogP contribution in [0.15, 0.2) is 23.6 Å². The summed E-state index contributed by atoms with van der Waals surface area (Å²) in [6, 6.07) is 3.99. The summed E-state index contributed by atoms with van der Waals surface area (Å²) in [4.78, 5) is 27.0. The summed E-state index contributed by atoms with van der Waals surface area (Å²) < 4.78 is 13.7. The Morgan fingerprint density at radius 3 is 2.71 bits per heavy atom. The van der Waals surface area contributed by atoms with Crippen molar-refractivity contribution in [3.63, 3.8) is 0 Å². The van der Waals surface area contributed by atoms with E-state index in [4.69, 9.17) is 0 Å². The highest BCUT2D eigenvalue weighted by molar-refractivity contribution is 7.09. The second kappa shape index (κ2) is 6.45. The van der Waals surface area contributed by atoms with Crippen LogP contribution in [0, 0.1) is 12.7 Å². The summed E-state index contributed by atoms with van der Waals surface area (Å²) in [6.45, 7) is 3.20. The lowest BCUT2D eigenvalue weighted by molar-refractivity contribution is -0.116. The Morgan fingerprint density at radius 2 is 2.10 bits per heavy atom. The van der Waals surface area contributed by atoms with Gasteiger partial charge in [0.25, 0.3) is 0 Å². The maximum absolute atomic E-state index is 13.7. The van der Waals surface area contributed by atoms with E-state index >= 15 is 0 Å². The lowest BCUT2D eigenvalue weighted by Gasteiger charge is -2.08. The number of thiazole rings is 1. The molecular weight excluding hydrogens is 293 g/mol. The Balaban J connectivity index is 2.07. The molecule has 0 fully saturated rings. The van der Waals surface area contributed by atoms with Gasteiger partial charge in [-0.15, -0.1) is 11.3 Å². The molecule has 0 spiro atoms. The van der Waals surface area contributed by atoms with Gasteiger partial charge in [-0.1, -0.05) is 0 Å². The molecule has 0 aliphatic heterocycles. The third-order valence-corrected chi connectivity index (χ3v) is 3.39. The van der Waals surface area contributed by atoms with Gasteiger partial charge in [0, 0.05) is 18.0 Å². The van der Waals surface area contributed by atoms with Crippen LogP contribution >= 0.6 is 11.3 Å². The maximum Gasteiger partial charge on any atom is 0.230 e. The molecule has 7 heteroatoms. The van der Waals surface area contributed by atoms with Crippen LogP contribution in [0.2, 0.25) is 0 Å². The third-order valence-electron chi connectivity index (χ3n) is 2.57. The summed E-state index contributed by atoms with van der Waals surface area (Å²) in [7, 11) is 0. The molecule has 0 atom stereocenters. The summed E-state index contributed by atoms with van der Waals surface area (Å²) in [5, 5.41) is 7.67. The van der Waals surface area contributed by atoms with Gasteiger partial charge in [0.15, 0.2) is 0 Å². The van der Waals surface area contributed by atoms with Crippen molar-refractivity contribution in [2.75, 3.05) is 10.6 Å². The van der Waals surface area contributed by atoms with E-state index in [0.29, 0.717) is 11.4 Å². The fourth-order valence-corrected chi connectivity index (χ4v) is 2.36. The molecular formula is C14H14FN3O2S. The first-order valence-electron chi connectivity index (χ1n) is 6.22. The minimum absolute atomic E-state index is 0.0261. The van der Waals surface area contributed by atoms with Crippen molar-refractivity contribution in [2.24, 2.45) is 0 Å². The predicted octanol–water partition coefficient (Wildman–Crippen LogP) is 2.73. The van der Waals surface area contributed by atoms with Crippen LogP contribution in [0.4, 0.5) is 15.8 Å². The highest BCUT2D eigenvalue weighted by atomic mass is 32.1. The average molecular weight is 307 g/mol. The van der Waals surface area contributed by atoms with Gasteiger partial charge in [0.05, 0.1) is 22.8 Å². The standard InChI is InChI=1S/C14H14FN3O2S/c1-8(19)16-10-3-4-12(15)13(5-10)18-14(20)6-11-7-21-9(2)17-11/h3-5,7H,6H2,1-2H3,(H,16,19)(H,18,20). The number of hydrogen-bond donors (Lipinski definition) is 2. The van der Waals surface area contributed by atoms with Crippen LogP contribution in [-0.2, 0) is 16.0 Å². The number of aromatic nitrogens is 1. The minimum Gasteiger partial charge on any atom is -0.326 e. The molecule has 0 unspecified atom stereocenters. The van der Waals surface area contributed by atoms with E-state index in [1.165, 1.54) is 36.5 Å². The Labute approximate surface area is 125 Å². The number of carbonyl (C=O) groups is 2. The smallest absolute Gasteiger partial charge is 0.230 e. The largest absolute Gasteiger partial charge is 0.326 e. The summed E-state index contributed by atoms with van der Waals surface area (Å²) >= 11 is 1.45.